The average molecular weight is 430 g/mol. The Morgan fingerprint density at radius 3 is 2.35 bits per heavy atom. The second kappa shape index (κ2) is 10.7. The molecule has 2 bridgehead atoms. The predicted molar refractivity (Wildman–Crippen MR) is 112 cm³/mol. The van der Waals surface area contributed by atoms with E-state index in [1.165, 1.54) is 19.8 Å². The first-order valence-corrected chi connectivity index (χ1v) is 9.68. The summed E-state index contributed by atoms with van der Waals surface area (Å²) in [6, 6.07) is 6.89. The number of hydrogen-bond acceptors (Lipinski definition) is 7. The van der Waals surface area contributed by atoms with Crippen LogP contribution >= 0.6 is 0 Å². The number of ether oxygens (including phenoxy) is 3. The molecule has 3 aliphatic rings. The van der Waals surface area contributed by atoms with E-state index in [0.29, 0.717) is 18.3 Å². The van der Waals surface area contributed by atoms with E-state index in [-0.39, 0.29) is 35.6 Å². The number of carboxylic acids is 1. The van der Waals surface area contributed by atoms with Gasteiger partial charge in [-0.2, -0.15) is 0 Å². The highest BCUT2D eigenvalue weighted by molar-refractivity contribution is 5.96. The zero-order chi connectivity index (χ0) is 23.1. The minimum atomic E-state index is -0.935. The summed E-state index contributed by atoms with van der Waals surface area (Å²) in [5.41, 5.74) is 1.15. The summed E-state index contributed by atoms with van der Waals surface area (Å²) in [4.78, 5) is 31.4. The normalized spacial score (nSPS) is 26.3. The minimum Gasteiger partial charge on any atom is -0.508 e. The van der Waals surface area contributed by atoms with Gasteiger partial charge < -0.3 is 24.4 Å². The third kappa shape index (κ3) is 6.15. The van der Waals surface area contributed by atoms with E-state index in [4.69, 9.17) is 24.4 Å². The molecule has 0 amide bonds. The molecule has 3 heterocycles. The number of benzene rings is 1. The fourth-order valence-corrected chi connectivity index (χ4v) is 3.35. The summed E-state index contributed by atoms with van der Waals surface area (Å²) in [5.74, 6) is 0.723. The van der Waals surface area contributed by atoms with Crippen LogP contribution in [-0.4, -0.2) is 59.1 Å². The number of phenols is 1. The maximum Gasteiger partial charge on any atom is 0.345 e. The monoisotopic (exact) mass is 430 g/mol. The van der Waals surface area contributed by atoms with Crippen LogP contribution in [0.4, 0.5) is 0 Å². The van der Waals surface area contributed by atoms with Crippen molar-refractivity contribution >= 4 is 24.0 Å². The maximum atomic E-state index is 11.4. The molecule has 2 N–H and O–H groups in total. The van der Waals surface area contributed by atoms with Crippen LogP contribution in [0.2, 0.25) is 0 Å². The highest BCUT2D eigenvalue weighted by Gasteiger charge is 2.60. The van der Waals surface area contributed by atoms with Crippen LogP contribution in [-0.2, 0) is 28.6 Å². The second-order valence-electron chi connectivity index (χ2n) is 7.41. The smallest absolute Gasteiger partial charge is 0.345 e. The number of aliphatic carboxylic acids is 1. The highest BCUT2D eigenvalue weighted by Crippen LogP contribution is 2.46. The van der Waals surface area contributed by atoms with Crippen molar-refractivity contribution in [2.75, 3.05) is 6.61 Å². The third-order valence-corrected chi connectivity index (χ3v) is 5.04. The molecule has 1 aromatic carbocycles. The van der Waals surface area contributed by atoms with E-state index < -0.39 is 11.9 Å². The molecule has 0 saturated carbocycles. The highest BCUT2D eigenvalue weighted by atomic mass is 16.6. The van der Waals surface area contributed by atoms with Gasteiger partial charge in [0.15, 0.2) is 6.10 Å². The zero-order valence-corrected chi connectivity index (χ0v) is 17.4. The topological polar surface area (TPSA) is 119 Å². The predicted octanol–water partition coefficient (Wildman–Crippen LogP) is 2.54. The standard InChI is InChI=1S/C11H12O5.C8H8O.C4H6O2/c1-5(3-12)11(13)16-9-7-2-6-4-14-10(9)8(6)15-7;1-2-7-3-5-8(9)6-4-7;1-3(2)4(5)6/h6-10H,2,4H2,1H3;2-6,9H,1H2;1H2,2H3,(H,5,6). The lowest BCUT2D eigenvalue weighted by Gasteiger charge is -2.22. The third-order valence-electron chi connectivity index (χ3n) is 5.04. The molecule has 166 valence electrons. The lowest BCUT2D eigenvalue weighted by molar-refractivity contribution is -0.151. The van der Waals surface area contributed by atoms with E-state index in [1.807, 2.05) is 12.1 Å². The number of carbonyl (C=O) groups is 2. The number of carboxylic acid groups (broad SMARTS) is 1. The van der Waals surface area contributed by atoms with Crippen LogP contribution in [0, 0.1) is 5.92 Å². The number of fused-ring (bicyclic) bond motifs is 1. The molecule has 4 rings (SSSR count). The molecule has 3 fully saturated rings. The van der Waals surface area contributed by atoms with Crippen LogP contribution in [0.3, 0.4) is 0 Å². The Bertz CT molecular complexity index is 867. The molecule has 5 unspecified atom stereocenters. The zero-order valence-electron chi connectivity index (χ0n) is 17.4. The van der Waals surface area contributed by atoms with Gasteiger partial charge in [0.25, 0.3) is 0 Å². The summed E-state index contributed by atoms with van der Waals surface area (Å²) in [5, 5.41) is 16.7. The van der Waals surface area contributed by atoms with Gasteiger partial charge in [0, 0.05) is 11.5 Å². The molecule has 1 aromatic rings. The van der Waals surface area contributed by atoms with Crippen molar-refractivity contribution in [1.29, 1.82) is 0 Å². The van der Waals surface area contributed by atoms with Crippen molar-refractivity contribution in [2.24, 2.45) is 5.92 Å². The Morgan fingerprint density at radius 1 is 1.23 bits per heavy atom. The van der Waals surface area contributed by atoms with E-state index >= 15 is 0 Å². The summed E-state index contributed by atoms with van der Waals surface area (Å²) in [6.45, 7) is 10.3. The van der Waals surface area contributed by atoms with Crippen LogP contribution in [0.15, 0.2) is 48.6 Å². The molecule has 0 radical (unpaired) electrons. The van der Waals surface area contributed by atoms with Gasteiger partial charge in [0.2, 0.25) is 0 Å². The van der Waals surface area contributed by atoms with Gasteiger partial charge in [-0.3, -0.25) is 0 Å². The van der Waals surface area contributed by atoms with Gasteiger partial charge in [-0.15, -0.1) is 0 Å². The largest absolute Gasteiger partial charge is 0.508 e. The molecule has 8 heteroatoms. The molecule has 31 heavy (non-hydrogen) atoms. The molecule has 3 aliphatic heterocycles. The van der Waals surface area contributed by atoms with Crippen molar-refractivity contribution in [2.45, 2.75) is 44.7 Å². The fraction of sp³-hybridized carbons (Fsp3) is 0.391. The number of hydrogen-bond donors (Lipinski definition) is 2. The first-order valence-electron chi connectivity index (χ1n) is 9.68. The van der Waals surface area contributed by atoms with Gasteiger partial charge in [-0.1, -0.05) is 31.4 Å². The number of phenolic OH excluding ortho intramolecular Hbond substituents is 1. The van der Waals surface area contributed by atoms with E-state index in [1.54, 1.807) is 18.2 Å². The van der Waals surface area contributed by atoms with Crippen molar-refractivity contribution < 1.29 is 38.8 Å². The van der Waals surface area contributed by atoms with Gasteiger partial charge in [-0.05, 0) is 38.0 Å². The number of carbonyl (C=O) groups excluding carboxylic acids is 2. The van der Waals surface area contributed by atoms with Crippen LogP contribution < -0.4 is 0 Å². The van der Waals surface area contributed by atoms with E-state index in [2.05, 4.69) is 13.2 Å². The molecule has 0 aromatic heterocycles. The molecule has 0 aliphatic carbocycles. The molecular formula is C23H26O8. The van der Waals surface area contributed by atoms with Crippen LogP contribution in [0.5, 0.6) is 5.75 Å². The van der Waals surface area contributed by atoms with Crippen molar-refractivity contribution in [3.05, 3.63) is 54.1 Å². The van der Waals surface area contributed by atoms with Gasteiger partial charge in [0.1, 0.15) is 23.4 Å². The summed E-state index contributed by atoms with van der Waals surface area (Å²) in [6.07, 6.45) is 2.11. The van der Waals surface area contributed by atoms with E-state index in [9.17, 15) is 14.4 Å². The van der Waals surface area contributed by atoms with Gasteiger partial charge in [0.05, 0.1) is 18.8 Å². The Morgan fingerprint density at radius 2 is 1.84 bits per heavy atom. The Labute approximate surface area is 180 Å². The SMILES string of the molecule is C=C(C)C(=O)O.C=Cc1ccc(O)cc1.CC(=C=O)C(=O)OC1C2CC3COC1C3O2. The minimum absolute atomic E-state index is 0.0441. The lowest BCUT2D eigenvalue weighted by Crippen LogP contribution is -2.40. The number of esters is 1. The van der Waals surface area contributed by atoms with Crippen molar-refractivity contribution in [3.8, 4) is 5.75 Å². The summed E-state index contributed by atoms with van der Waals surface area (Å²) < 4.78 is 16.5. The van der Waals surface area contributed by atoms with Crippen molar-refractivity contribution in [1.82, 2.24) is 0 Å². The van der Waals surface area contributed by atoms with Gasteiger partial charge >= 0.3 is 11.9 Å². The summed E-state index contributed by atoms with van der Waals surface area (Å²) >= 11 is 0. The van der Waals surface area contributed by atoms with Crippen molar-refractivity contribution in [3.63, 3.8) is 0 Å². The quantitative estimate of drug-likeness (QED) is 0.425. The Hall–Kier alpha value is -3.19. The lowest BCUT2D eigenvalue weighted by atomic mass is 9.88. The Balaban J connectivity index is 0.000000193. The molecular weight excluding hydrogens is 404 g/mol. The molecule has 8 nitrogen and oxygen atoms in total. The second-order valence-corrected chi connectivity index (χ2v) is 7.41. The van der Waals surface area contributed by atoms with E-state index in [0.717, 1.165) is 12.0 Å². The molecule has 5 atom stereocenters. The molecule has 0 spiro atoms. The maximum absolute atomic E-state index is 11.4. The number of rotatable bonds is 4. The Kier molecular flexibility index (Phi) is 8.33. The van der Waals surface area contributed by atoms with Crippen LogP contribution in [0.25, 0.3) is 6.08 Å². The van der Waals surface area contributed by atoms with Gasteiger partial charge in [-0.25, -0.2) is 14.4 Å². The number of aromatic hydroxyl groups is 1. The fourth-order valence-electron chi connectivity index (χ4n) is 3.35. The average Bonchev–Trinajstić information content (AvgIpc) is 3.39. The van der Waals surface area contributed by atoms with Crippen LogP contribution in [0.1, 0.15) is 25.8 Å². The first kappa shape index (κ1) is 24.1. The summed E-state index contributed by atoms with van der Waals surface area (Å²) in [7, 11) is 0. The molecule has 3 saturated heterocycles. The first-order chi connectivity index (χ1) is 14.7.